The summed E-state index contributed by atoms with van der Waals surface area (Å²) in [6.07, 6.45) is -4.31. The summed E-state index contributed by atoms with van der Waals surface area (Å²) in [6, 6.07) is 3.73. The molecule has 0 radical (unpaired) electrons. The first kappa shape index (κ1) is 11.6. The van der Waals surface area contributed by atoms with Crippen molar-refractivity contribution in [3.63, 3.8) is 0 Å². The molecule has 78 valence electrons. The van der Waals surface area contributed by atoms with Crippen LogP contribution in [0.25, 0.3) is 0 Å². The molecular formula is C9H8F3IO. The van der Waals surface area contributed by atoms with Gasteiger partial charge in [0.1, 0.15) is 5.75 Å². The quantitative estimate of drug-likeness (QED) is 0.598. The first-order chi connectivity index (χ1) is 6.47. The van der Waals surface area contributed by atoms with Crippen molar-refractivity contribution in [2.75, 3.05) is 7.11 Å². The van der Waals surface area contributed by atoms with E-state index in [1.54, 1.807) is 6.07 Å². The van der Waals surface area contributed by atoms with Crippen LogP contribution in [0.1, 0.15) is 11.1 Å². The Kier molecular flexibility index (Phi) is 3.63. The molecule has 1 aromatic carbocycles. The van der Waals surface area contributed by atoms with E-state index < -0.39 is 11.7 Å². The van der Waals surface area contributed by atoms with E-state index in [9.17, 15) is 13.2 Å². The fraction of sp³-hybridized carbons (Fsp3) is 0.333. The summed E-state index contributed by atoms with van der Waals surface area (Å²) >= 11 is 2.01. The molecule has 0 spiro atoms. The van der Waals surface area contributed by atoms with E-state index in [0.29, 0.717) is 9.99 Å². The van der Waals surface area contributed by atoms with Crippen LogP contribution >= 0.6 is 22.6 Å². The normalized spacial score (nSPS) is 11.5. The van der Waals surface area contributed by atoms with Gasteiger partial charge in [0.15, 0.2) is 0 Å². The first-order valence-corrected chi connectivity index (χ1v) is 5.31. The number of alkyl halides is 4. The molecule has 5 heteroatoms. The molecule has 0 unspecified atom stereocenters. The third-order valence-corrected chi connectivity index (χ3v) is 2.56. The van der Waals surface area contributed by atoms with Gasteiger partial charge in [0, 0.05) is 4.43 Å². The zero-order valence-corrected chi connectivity index (χ0v) is 9.52. The van der Waals surface area contributed by atoms with Gasteiger partial charge in [-0.05, 0) is 23.8 Å². The molecule has 1 aromatic rings. The molecule has 0 N–H and O–H groups in total. The van der Waals surface area contributed by atoms with Crippen LogP contribution in [0.15, 0.2) is 18.2 Å². The summed E-state index contributed by atoms with van der Waals surface area (Å²) in [5.74, 6) is 0.242. The van der Waals surface area contributed by atoms with E-state index in [-0.39, 0.29) is 5.75 Å². The fourth-order valence-corrected chi connectivity index (χ4v) is 1.46. The van der Waals surface area contributed by atoms with Crippen molar-refractivity contribution in [3.05, 3.63) is 29.3 Å². The number of halogens is 4. The van der Waals surface area contributed by atoms with Gasteiger partial charge in [0.2, 0.25) is 0 Å². The van der Waals surface area contributed by atoms with E-state index >= 15 is 0 Å². The van der Waals surface area contributed by atoms with Crippen molar-refractivity contribution in [1.29, 1.82) is 0 Å². The van der Waals surface area contributed by atoms with Crippen LogP contribution in [0.5, 0.6) is 5.75 Å². The van der Waals surface area contributed by atoms with Crippen LogP contribution in [-0.2, 0) is 10.6 Å². The number of rotatable bonds is 2. The van der Waals surface area contributed by atoms with Crippen LogP contribution in [0.2, 0.25) is 0 Å². The summed E-state index contributed by atoms with van der Waals surface area (Å²) in [5, 5.41) is 0. The summed E-state index contributed by atoms with van der Waals surface area (Å²) in [7, 11) is 1.35. The Hall–Kier alpha value is -0.460. The number of ether oxygens (including phenoxy) is 1. The highest BCUT2D eigenvalue weighted by Gasteiger charge is 2.31. The zero-order valence-electron chi connectivity index (χ0n) is 7.36. The lowest BCUT2D eigenvalue weighted by Gasteiger charge is -2.10. The van der Waals surface area contributed by atoms with Gasteiger partial charge in [-0.15, -0.1) is 0 Å². The molecule has 0 aliphatic heterocycles. The molecule has 0 bridgehead atoms. The van der Waals surface area contributed by atoms with E-state index in [0.717, 1.165) is 12.1 Å². The highest BCUT2D eigenvalue weighted by atomic mass is 127. The summed E-state index contributed by atoms with van der Waals surface area (Å²) in [4.78, 5) is 0. The SMILES string of the molecule is COc1cc(CI)cc(C(F)(F)F)c1. The van der Waals surface area contributed by atoms with E-state index in [1.807, 2.05) is 22.6 Å². The average molecular weight is 316 g/mol. The number of methoxy groups -OCH3 is 1. The Bertz CT molecular complexity index is 300. The number of hydrogen-bond donors (Lipinski definition) is 0. The van der Waals surface area contributed by atoms with Gasteiger partial charge in [0.05, 0.1) is 12.7 Å². The topological polar surface area (TPSA) is 9.23 Å². The maximum Gasteiger partial charge on any atom is 0.416 e. The second kappa shape index (κ2) is 4.37. The Balaban J connectivity index is 3.17. The van der Waals surface area contributed by atoms with Crippen LogP contribution < -0.4 is 4.74 Å². The van der Waals surface area contributed by atoms with Crippen molar-refractivity contribution in [2.24, 2.45) is 0 Å². The van der Waals surface area contributed by atoms with Crippen LogP contribution in [0.3, 0.4) is 0 Å². The molecule has 0 aliphatic carbocycles. The Morgan fingerprint density at radius 1 is 1.29 bits per heavy atom. The van der Waals surface area contributed by atoms with E-state index in [2.05, 4.69) is 0 Å². The number of hydrogen-bond acceptors (Lipinski definition) is 1. The van der Waals surface area contributed by atoms with Crippen LogP contribution in [0.4, 0.5) is 13.2 Å². The van der Waals surface area contributed by atoms with Gasteiger partial charge < -0.3 is 4.74 Å². The highest BCUT2D eigenvalue weighted by Crippen LogP contribution is 2.33. The molecule has 0 saturated carbocycles. The lowest BCUT2D eigenvalue weighted by atomic mass is 10.1. The lowest BCUT2D eigenvalue weighted by Crippen LogP contribution is -2.05. The molecule has 14 heavy (non-hydrogen) atoms. The molecule has 0 saturated heterocycles. The number of benzene rings is 1. The van der Waals surface area contributed by atoms with Gasteiger partial charge in [-0.1, -0.05) is 22.6 Å². The second-order valence-corrected chi connectivity index (χ2v) is 3.46. The minimum atomic E-state index is -4.31. The monoisotopic (exact) mass is 316 g/mol. The minimum Gasteiger partial charge on any atom is -0.497 e. The van der Waals surface area contributed by atoms with Gasteiger partial charge in [-0.2, -0.15) is 13.2 Å². The van der Waals surface area contributed by atoms with Gasteiger partial charge in [0.25, 0.3) is 0 Å². The second-order valence-electron chi connectivity index (χ2n) is 2.70. The fourth-order valence-electron chi connectivity index (χ4n) is 1.02. The highest BCUT2D eigenvalue weighted by molar-refractivity contribution is 14.1. The smallest absolute Gasteiger partial charge is 0.416 e. The van der Waals surface area contributed by atoms with Gasteiger partial charge in [-0.25, -0.2) is 0 Å². The lowest BCUT2D eigenvalue weighted by molar-refractivity contribution is -0.137. The van der Waals surface area contributed by atoms with E-state index in [1.165, 1.54) is 7.11 Å². The summed E-state index contributed by atoms with van der Waals surface area (Å²) in [6.45, 7) is 0. The molecule has 0 fully saturated rings. The molecule has 1 rings (SSSR count). The van der Waals surface area contributed by atoms with Crippen molar-refractivity contribution in [2.45, 2.75) is 10.6 Å². The summed E-state index contributed by atoms with van der Waals surface area (Å²) < 4.78 is 42.4. The Morgan fingerprint density at radius 2 is 1.93 bits per heavy atom. The third kappa shape index (κ3) is 2.76. The third-order valence-electron chi connectivity index (χ3n) is 1.68. The minimum absolute atomic E-state index is 0.242. The average Bonchev–Trinajstić information content (AvgIpc) is 2.15. The molecule has 0 aliphatic rings. The van der Waals surface area contributed by atoms with Crippen LogP contribution in [-0.4, -0.2) is 7.11 Å². The predicted octanol–water partition coefficient (Wildman–Crippen LogP) is 3.65. The first-order valence-electron chi connectivity index (χ1n) is 3.78. The predicted molar refractivity (Wildman–Crippen MR) is 55.7 cm³/mol. The molecular weight excluding hydrogens is 308 g/mol. The standard InChI is InChI=1S/C9H8F3IO/c1-14-8-3-6(5-13)2-7(4-8)9(10,11)12/h2-4H,5H2,1H3. The Morgan fingerprint density at radius 3 is 2.36 bits per heavy atom. The maximum absolute atomic E-state index is 12.4. The van der Waals surface area contributed by atoms with Crippen molar-refractivity contribution in [3.8, 4) is 5.75 Å². The molecule has 0 heterocycles. The maximum atomic E-state index is 12.4. The van der Waals surface area contributed by atoms with Crippen molar-refractivity contribution >= 4 is 22.6 Å². The van der Waals surface area contributed by atoms with Gasteiger partial charge >= 0.3 is 6.18 Å². The Labute approximate surface area is 93.4 Å². The zero-order chi connectivity index (χ0) is 10.8. The molecule has 1 nitrogen and oxygen atoms in total. The van der Waals surface area contributed by atoms with E-state index in [4.69, 9.17) is 4.74 Å². The molecule has 0 aromatic heterocycles. The van der Waals surface area contributed by atoms with Crippen molar-refractivity contribution in [1.82, 2.24) is 0 Å². The van der Waals surface area contributed by atoms with Gasteiger partial charge in [-0.3, -0.25) is 0 Å². The summed E-state index contributed by atoms with van der Waals surface area (Å²) in [5.41, 5.74) is -0.0548. The molecule has 0 atom stereocenters. The largest absolute Gasteiger partial charge is 0.497 e. The van der Waals surface area contributed by atoms with Crippen LogP contribution in [0, 0.1) is 0 Å². The van der Waals surface area contributed by atoms with Crippen molar-refractivity contribution < 1.29 is 17.9 Å². The molecule has 0 amide bonds.